The van der Waals surface area contributed by atoms with Crippen molar-refractivity contribution in [3.63, 3.8) is 0 Å². The Hall–Kier alpha value is -1.94. The lowest BCUT2D eigenvalue weighted by Gasteiger charge is -2.22. The molecule has 1 heterocycles. The van der Waals surface area contributed by atoms with E-state index in [1.807, 2.05) is 27.1 Å². The van der Waals surface area contributed by atoms with Gasteiger partial charge in [0.15, 0.2) is 0 Å². The Morgan fingerprint density at radius 2 is 1.86 bits per heavy atom. The number of aliphatic hydroxyl groups excluding tert-OH is 1. The molecule has 4 heteroatoms. The van der Waals surface area contributed by atoms with E-state index in [2.05, 4.69) is 46.1 Å². The number of hydrogen-bond donors (Lipinski definition) is 1. The van der Waals surface area contributed by atoms with Gasteiger partial charge in [0.2, 0.25) is 0 Å². The predicted molar refractivity (Wildman–Crippen MR) is 85.3 cm³/mol. The number of benzene rings is 1. The normalized spacial score (nSPS) is 11.0. The fourth-order valence-electron chi connectivity index (χ4n) is 2.19. The molecule has 1 aromatic heterocycles. The summed E-state index contributed by atoms with van der Waals surface area (Å²) in [5, 5.41) is 9.56. The number of hydrogen-bond acceptors (Lipinski definition) is 4. The summed E-state index contributed by atoms with van der Waals surface area (Å²) in [5.74, 6) is 1.03. The molecule has 0 aliphatic carbocycles. The zero-order valence-electron chi connectivity index (χ0n) is 13.2. The summed E-state index contributed by atoms with van der Waals surface area (Å²) >= 11 is 0. The van der Waals surface area contributed by atoms with Crippen LogP contribution in [-0.2, 0) is 13.2 Å². The number of rotatable bonds is 5. The Bertz CT molecular complexity index is 593. The van der Waals surface area contributed by atoms with Crippen molar-refractivity contribution in [1.29, 1.82) is 0 Å². The van der Waals surface area contributed by atoms with E-state index in [1.54, 1.807) is 0 Å². The van der Waals surface area contributed by atoms with E-state index in [1.165, 1.54) is 11.1 Å². The Morgan fingerprint density at radius 1 is 1.19 bits per heavy atom. The fourth-order valence-corrected chi connectivity index (χ4v) is 2.19. The molecule has 0 spiro atoms. The van der Waals surface area contributed by atoms with Gasteiger partial charge in [0.05, 0.1) is 24.2 Å². The molecule has 0 amide bonds. The number of aromatic nitrogens is 2. The fraction of sp³-hybridized carbons (Fsp3) is 0.412. The number of anilines is 1. The molecule has 0 radical (unpaired) electrons. The Morgan fingerprint density at radius 3 is 2.43 bits per heavy atom. The van der Waals surface area contributed by atoms with E-state index in [-0.39, 0.29) is 12.5 Å². The summed E-state index contributed by atoms with van der Waals surface area (Å²) < 4.78 is 0. The first kappa shape index (κ1) is 15.4. The summed E-state index contributed by atoms with van der Waals surface area (Å²) in [7, 11) is 1.99. The average molecular weight is 285 g/mol. The van der Waals surface area contributed by atoms with Gasteiger partial charge in [-0.05, 0) is 12.5 Å². The van der Waals surface area contributed by atoms with E-state index in [9.17, 15) is 5.11 Å². The number of aryl methyl sites for hydroxylation is 1. The molecule has 112 valence electrons. The van der Waals surface area contributed by atoms with Crippen molar-refractivity contribution in [2.45, 2.75) is 39.8 Å². The molecule has 1 N–H and O–H groups in total. The lowest BCUT2D eigenvalue weighted by Crippen LogP contribution is -2.20. The van der Waals surface area contributed by atoms with Gasteiger partial charge in [0, 0.05) is 19.5 Å². The third kappa shape index (κ3) is 3.79. The minimum absolute atomic E-state index is 0.0736. The van der Waals surface area contributed by atoms with E-state index in [0.717, 1.165) is 18.1 Å². The smallest absolute Gasteiger partial charge is 0.131 e. The minimum Gasteiger partial charge on any atom is -0.390 e. The second-order valence-corrected chi connectivity index (χ2v) is 5.71. The Kier molecular flexibility index (Phi) is 4.91. The molecule has 2 rings (SSSR count). The second-order valence-electron chi connectivity index (χ2n) is 5.71. The van der Waals surface area contributed by atoms with Crippen molar-refractivity contribution in [3.8, 4) is 0 Å². The molecule has 1 aromatic carbocycles. The van der Waals surface area contributed by atoms with Crippen LogP contribution in [0.3, 0.4) is 0 Å². The standard InChI is InChI=1S/C17H23N3O/c1-12(2)17-18-9-16(15(11-21)19-17)20(4)10-14-7-5-13(3)6-8-14/h5-9,12,21H,10-11H2,1-4H3. The minimum atomic E-state index is -0.0736. The number of nitrogens with zero attached hydrogens (tertiary/aromatic N) is 3. The van der Waals surface area contributed by atoms with Crippen LogP contribution in [-0.4, -0.2) is 22.1 Å². The van der Waals surface area contributed by atoms with Gasteiger partial charge in [-0.1, -0.05) is 43.7 Å². The molecular formula is C17H23N3O. The van der Waals surface area contributed by atoms with E-state index >= 15 is 0 Å². The van der Waals surface area contributed by atoms with Gasteiger partial charge >= 0.3 is 0 Å². The van der Waals surface area contributed by atoms with E-state index in [0.29, 0.717) is 5.69 Å². The summed E-state index contributed by atoms with van der Waals surface area (Å²) in [6, 6.07) is 8.45. The van der Waals surface area contributed by atoms with Crippen molar-refractivity contribution >= 4 is 5.69 Å². The lowest BCUT2D eigenvalue weighted by molar-refractivity contribution is 0.276. The van der Waals surface area contributed by atoms with Crippen LogP contribution in [0.1, 0.15) is 42.4 Å². The molecule has 0 saturated carbocycles. The van der Waals surface area contributed by atoms with Gasteiger partial charge in [-0.3, -0.25) is 0 Å². The van der Waals surface area contributed by atoms with Crippen molar-refractivity contribution in [2.24, 2.45) is 0 Å². The maximum atomic E-state index is 9.56. The molecule has 2 aromatic rings. The molecule has 0 aliphatic heterocycles. The molecule has 0 fully saturated rings. The monoisotopic (exact) mass is 285 g/mol. The van der Waals surface area contributed by atoms with Crippen LogP contribution < -0.4 is 4.90 Å². The summed E-state index contributed by atoms with van der Waals surface area (Å²) in [6.07, 6.45) is 1.81. The first-order valence-electron chi connectivity index (χ1n) is 7.24. The quantitative estimate of drug-likeness (QED) is 0.917. The van der Waals surface area contributed by atoms with Crippen LogP contribution in [0, 0.1) is 6.92 Å². The third-order valence-corrected chi connectivity index (χ3v) is 3.48. The highest BCUT2D eigenvalue weighted by Crippen LogP contribution is 2.21. The molecule has 0 aliphatic rings. The van der Waals surface area contributed by atoms with Crippen LogP contribution in [0.5, 0.6) is 0 Å². The molecule has 0 atom stereocenters. The van der Waals surface area contributed by atoms with Crippen LogP contribution in [0.4, 0.5) is 5.69 Å². The second kappa shape index (κ2) is 6.68. The molecule has 0 bridgehead atoms. The van der Waals surface area contributed by atoms with Gasteiger partial charge in [0.25, 0.3) is 0 Å². The molecule has 21 heavy (non-hydrogen) atoms. The molecule has 0 saturated heterocycles. The average Bonchev–Trinajstić information content (AvgIpc) is 2.48. The lowest BCUT2D eigenvalue weighted by atomic mass is 10.1. The van der Waals surface area contributed by atoms with E-state index < -0.39 is 0 Å². The first-order chi connectivity index (χ1) is 10.0. The van der Waals surface area contributed by atoms with Crippen LogP contribution in [0.25, 0.3) is 0 Å². The van der Waals surface area contributed by atoms with Crippen LogP contribution in [0.2, 0.25) is 0 Å². The SMILES string of the molecule is Cc1ccc(CN(C)c2cnc(C(C)C)nc2CO)cc1. The van der Waals surface area contributed by atoms with Gasteiger partial charge < -0.3 is 10.0 Å². The summed E-state index contributed by atoms with van der Waals surface area (Å²) in [5.41, 5.74) is 4.03. The summed E-state index contributed by atoms with van der Waals surface area (Å²) in [6.45, 7) is 6.86. The first-order valence-corrected chi connectivity index (χ1v) is 7.24. The zero-order chi connectivity index (χ0) is 15.4. The zero-order valence-corrected chi connectivity index (χ0v) is 13.2. The number of aliphatic hydroxyl groups is 1. The van der Waals surface area contributed by atoms with Gasteiger partial charge in [-0.15, -0.1) is 0 Å². The topological polar surface area (TPSA) is 49.2 Å². The molecule has 4 nitrogen and oxygen atoms in total. The van der Waals surface area contributed by atoms with Crippen molar-refractivity contribution in [3.05, 3.63) is 53.1 Å². The van der Waals surface area contributed by atoms with Gasteiger partial charge in [-0.25, -0.2) is 9.97 Å². The van der Waals surface area contributed by atoms with E-state index in [4.69, 9.17) is 0 Å². The van der Waals surface area contributed by atoms with Crippen LogP contribution in [0.15, 0.2) is 30.5 Å². The maximum absolute atomic E-state index is 9.56. The Balaban J connectivity index is 2.22. The van der Waals surface area contributed by atoms with Crippen molar-refractivity contribution < 1.29 is 5.11 Å². The highest BCUT2D eigenvalue weighted by atomic mass is 16.3. The highest BCUT2D eigenvalue weighted by Gasteiger charge is 2.12. The highest BCUT2D eigenvalue weighted by molar-refractivity contribution is 5.48. The third-order valence-electron chi connectivity index (χ3n) is 3.48. The van der Waals surface area contributed by atoms with Crippen molar-refractivity contribution in [2.75, 3.05) is 11.9 Å². The van der Waals surface area contributed by atoms with Gasteiger partial charge in [-0.2, -0.15) is 0 Å². The maximum Gasteiger partial charge on any atom is 0.131 e. The van der Waals surface area contributed by atoms with Gasteiger partial charge in [0.1, 0.15) is 5.82 Å². The molecule has 0 unspecified atom stereocenters. The predicted octanol–water partition coefficient (Wildman–Crippen LogP) is 3.04. The van der Waals surface area contributed by atoms with Crippen LogP contribution >= 0.6 is 0 Å². The summed E-state index contributed by atoms with van der Waals surface area (Å²) in [4.78, 5) is 10.9. The Labute approximate surface area is 126 Å². The van der Waals surface area contributed by atoms with Crippen molar-refractivity contribution in [1.82, 2.24) is 9.97 Å². The largest absolute Gasteiger partial charge is 0.390 e. The molecular weight excluding hydrogens is 262 g/mol.